The maximum Gasteiger partial charge on any atom is 0.321 e. The molecule has 2 unspecified atom stereocenters. The minimum absolute atomic E-state index is 0.328. The summed E-state index contributed by atoms with van der Waals surface area (Å²) in [5.41, 5.74) is 5.93. The molecule has 0 saturated heterocycles. The van der Waals surface area contributed by atoms with Crippen molar-refractivity contribution in [2.24, 2.45) is 5.73 Å². The molecule has 0 spiro atoms. The lowest BCUT2D eigenvalue weighted by atomic mass is 9.94. The Labute approximate surface area is 129 Å². The van der Waals surface area contributed by atoms with E-state index in [-0.39, 0.29) is 4.75 Å². The predicted molar refractivity (Wildman–Crippen MR) is 89.4 cm³/mol. The van der Waals surface area contributed by atoms with Gasteiger partial charge in [-0.2, -0.15) is 11.8 Å². The summed E-state index contributed by atoms with van der Waals surface area (Å²) in [7, 11) is 0. The van der Waals surface area contributed by atoms with Gasteiger partial charge in [-0.05, 0) is 25.5 Å². The summed E-state index contributed by atoms with van der Waals surface area (Å²) in [6.45, 7) is 6.41. The Morgan fingerprint density at radius 2 is 1.65 bits per heavy atom. The lowest BCUT2D eigenvalue weighted by molar-refractivity contribution is -0.139. The largest absolute Gasteiger partial charge is 0.480 e. The van der Waals surface area contributed by atoms with Crippen LogP contribution in [0.25, 0.3) is 0 Å². The fourth-order valence-electron chi connectivity index (χ4n) is 2.32. The molecule has 0 aliphatic rings. The lowest BCUT2D eigenvalue weighted by Crippen LogP contribution is -2.48. The Kier molecular flexibility index (Phi) is 11.3. The Morgan fingerprint density at radius 3 is 2.15 bits per heavy atom. The van der Waals surface area contributed by atoms with Gasteiger partial charge in [0.2, 0.25) is 0 Å². The number of nitrogens with two attached hydrogens (primary N) is 1. The SMILES string of the molecule is CCCCCCSC(C)(CCCCCC)C(N)C(=O)O. The highest BCUT2D eigenvalue weighted by molar-refractivity contribution is 8.00. The van der Waals surface area contributed by atoms with E-state index in [1.54, 1.807) is 11.8 Å². The quantitative estimate of drug-likeness (QED) is 0.494. The third-order valence-corrected chi connectivity index (χ3v) is 5.49. The van der Waals surface area contributed by atoms with Crippen LogP contribution in [0.3, 0.4) is 0 Å². The number of carboxylic acid groups (broad SMARTS) is 1. The molecule has 4 heteroatoms. The van der Waals surface area contributed by atoms with Crippen LogP contribution in [0.15, 0.2) is 0 Å². The van der Waals surface area contributed by atoms with Gasteiger partial charge < -0.3 is 10.8 Å². The molecule has 0 aromatic carbocycles. The normalized spacial score (nSPS) is 15.8. The molecule has 0 aromatic rings. The second-order valence-corrected chi connectivity index (χ2v) is 7.48. The molecule has 0 fully saturated rings. The first-order valence-corrected chi connectivity index (χ1v) is 9.08. The third kappa shape index (κ3) is 8.15. The van der Waals surface area contributed by atoms with Gasteiger partial charge in [-0.1, -0.05) is 58.8 Å². The predicted octanol–water partition coefficient (Wildman–Crippen LogP) is 4.44. The number of unbranched alkanes of at least 4 members (excludes halogenated alkanes) is 6. The fraction of sp³-hybridized carbons (Fsp3) is 0.938. The minimum Gasteiger partial charge on any atom is -0.480 e. The number of carbonyl (C=O) groups is 1. The summed E-state index contributed by atoms with van der Waals surface area (Å²) in [5, 5.41) is 9.22. The number of aliphatic carboxylic acids is 1. The zero-order valence-electron chi connectivity index (χ0n) is 13.5. The van der Waals surface area contributed by atoms with E-state index in [1.807, 2.05) is 6.92 Å². The fourth-order valence-corrected chi connectivity index (χ4v) is 3.70. The number of rotatable bonds is 13. The highest BCUT2D eigenvalue weighted by Crippen LogP contribution is 2.34. The summed E-state index contributed by atoms with van der Waals surface area (Å²) in [4.78, 5) is 11.2. The summed E-state index contributed by atoms with van der Waals surface area (Å²) in [6.07, 6.45) is 10.5. The first-order valence-electron chi connectivity index (χ1n) is 8.10. The van der Waals surface area contributed by atoms with Gasteiger partial charge in [0.15, 0.2) is 0 Å². The van der Waals surface area contributed by atoms with Crippen molar-refractivity contribution in [1.82, 2.24) is 0 Å². The molecular formula is C16H33NO2S. The van der Waals surface area contributed by atoms with Gasteiger partial charge in [-0.3, -0.25) is 4.79 Å². The molecule has 0 aliphatic carbocycles. The van der Waals surface area contributed by atoms with Crippen LogP contribution in [0, 0.1) is 0 Å². The number of thioether (sulfide) groups is 1. The van der Waals surface area contributed by atoms with Crippen molar-refractivity contribution in [2.75, 3.05) is 5.75 Å². The highest BCUT2D eigenvalue weighted by Gasteiger charge is 2.36. The van der Waals surface area contributed by atoms with Crippen LogP contribution < -0.4 is 5.73 Å². The molecule has 0 amide bonds. The molecule has 0 rings (SSSR count). The van der Waals surface area contributed by atoms with Crippen LogP contribution in [-0.2, 0) is 4.79 Å². The van der Waals surface area contributed by atoms with E-state index in [0.717, 1.165) is 25.0 Å². The molecule has 0 saturated carbocycles. The summed E-state index contributed by atoms with van der Waals surface area (Å²) < 4.78 is -0.328. The zero-order valence-corrected chi connectivity index (χ0v) is 14.3. The molecule has 3 nitrogen and oxygen atoms in total. The van der Waals surface area contributed by atoms with Crippen molar-refractivity contribution < 1.29 is 9.90 Å². The van der Waals surface area contributed by atoms with Crippen LogP contribution in [0.2, 0.25) is 0 Å². The molecule has 120 valence electrons. The van der Waals surface area contributed by atoms with E-state index in [1.165, 1.54) is 38.5 Å². The van der Waals surface area contributed by atoms with Gasteiger partial charge in [-0.15, -0.1) is 0 Å². The molecule has 3 N–H and O–H groups in total. The molecule has 0 bridgehead atoms. The lowest BCUT2D eigenvalue weighted by Gasteiger charge is -2.32. The number of hydrogen-bond acceptors (Lipinski definition) is 3. The van der Waals surface area contributed by atoms with Crippen molar-refractivity contribution in [1.29, 1.82) is 0 Å². The van der Waals surface area contributed by atoms with Crippen molar-refractivity contribution in [3.63, 3.8) is 0 Å². The van der Waals surface area contributed by atoms with Crippen LogP contribution in [0.1, 0.15) is 78.6 Å². The monoisotopic (exact) mass is 303 g/mol. The van der Waals surface area contributed by atoms with E-state index in [9.17, 15) is 9.90 Å². The van der Waals surface area contributed by atoms with Gasteiger partial charge in [0, 0.05) is 4.75 Å². The number of carboxylic acids is 1. The van der Waals surface area contributed by atoms with Gasteiger partial charge in [0.25, 0.3) is 0 Å². The first-order chi connectivity index (χ1) is 9.48. The Bertz CT molecular complexity index is 261. The maximum absolute atomic E-state index is 11.2. The summed E-state index contributed by atoms with van der Waals surface area (Å²) in [5.74, 6) is 0.148. The molecule has 0 radical (unpaired) electrons. The van der Waals surface area contributed by atoms with Gasteiger partial charge >= 0.3 is 5.97 Å². The van der Waals surface area contributed by atoms with Crippen molar-refractivity contribution in [3.05, 3.63) is 0 Å². The second kappa shape index (κ2) is 11.4. The van der Waals surface area contributed by atoms with Gasteiger partial charge in [-0.25, -0.2) is 0 Å². The van der Waals surface area contributed by atoms with Crippen molar-refractivity contribution in [3.8, 4) is 0 Å². The Balaban J connectivity index is 4.27. The smallest absolute Gasteiger partial charge is 0.321 e. The standard InChI is InChI=1S/C16H33NO2S/c1-4-6-8-10-12-16(3,14(17)15(18)19)20-13-11-9-7-5-2/h14H,4-13,17H2,1-3H3,(H,18,19). The van der Waals surface area contributed by atoms with E-state index in [0.29, 0.717) is 0 Å². The third-order valence-electron chi connectivity index (χ3n) is 3.88. The van der Waals surface area contributed by atoms with E-state index < -0.39 is 12.0 Å². The average Bonchev–Trinajstić information content (AvgIpc) is 2.42. The van der Waals surface area contributed by atoms with Crippen LogP contribution in [-0.4, -0.2) is 27.6 Å². The zero-order chi connectivity index (χ0) is 15.4. The number of hydrogen-bond donors (Lipinski definition) is 2. The van der Waals surface area contributed by atoms with E-state index in [4.69, 9.17) is 5.73 Å². The highest BCUT2D eigenvalue weighted by atomic mass is 32.2. The Morgan fingerprint density at radius 1 is 1.10 bits per heavy atom. The molecule has 0 heterocycles. The second-order valence-electron chi connectivity index (χ2n) is 5.85. The molecule has 0 aliphatic heterocycles. The van der Waals surface area contributed by atoms with E-state index in [2.05, 4.69) is 13.8 Å². The van der Waals surface area contributed by atoms with Gasteiger partial charge in [0.1, 0.15) is 6.04 Å². The van der Waals surface area contributed by atoms with Crippen LogP contribution >= 0.6 is 11.8 Å². The van der Waals surface area contributed by atoms with Crippen molar-refractivity contribution >= 4 is 17.7 Å². The summed E-state index contributed by atoms with van der Waals surface area (Å²) in [6, 6.07) is -0.764. The topological polar surface area (TPSA) is 63.3 Å². The van der Waals surface area contributed by atoms with Crippen molar-refractivity contribution in [2.45, 2.75) is 89.3 Å². The first kappa shape index (κ1) is 19.8. The van der Waals surface area contributed by atoms with Crippen LogP contribution in [0.5, 0.6) is 0 Å². The van der Waals surface area contributed by atoms with E-state index >= 15 is 0 Å². The Hall–Kier alpha value is -0.220. The molecule has 0 aromatic heterocycles. The molecule has 2 atom stereocenters. The van der Waals surface area contributed by atoms with Gasteiger partial charge in [0.05, 0.1) is 0 Å². The maximum atomic E-state index is 11.2. The minimum atomic E-state index is -0.871. The summed E-state index contributed by atoms with van der Waals surface area (Å²) >= 11 is 1.76. The molecule has 20 heavy (non-hydrogen) atoms. The average molecular weight is 304 g/mol. The van der Waals surface area contributed by atoms with Crippen LogP contribution in [0.4, 0.5) is 0 Å². The molecular weight excluding hydrogens is 270 g/mol.